The van der Waals surface area contributed by atoms with Gasteiger partial charge in [0.25, 0.3) is 11.8 Å². The van der Waals surface area contributed by atoms with Gasteiger partial charge in [-0.1, -0.05) is 23.7 Å². The Balaban J connectivity index is 1.45. The molecule has 0 saturated carbocycles. The number of carbonyl (C=O) groups is 3. The molecule has 0 radical (unpaired) electrons. The second-order valence-electron chi connectivity index (χ2n) is 6.97. The summed E-state index contributed by atoms with van der Waals surface area (Å²) in [6.07, 6.45) is 1.88. The zero-order valence-electron chi connectivity index (χ0n) is 15.1. The smallest absolute Gasteiger partial charge is 0.261 e. The van der Waals surface area contributed by atoms with Crippen molar-refractivity contribution in [3.05, 3.63) is 64.2 Å². The van der Waals surface area contributed by atoms with Gasteiger partial charge in [0, 0.05) is 17.3 Å². The lowest BCUT2D eigenvalue weighted by molar-refractivity contribution is -0.115. The number of fused-ring (bicyclic) bond motifs is 1. The number of benzene rings is 2. The van der Waals surface area contributed by atoms with Gasteiger partial charge in [0.1, 0.15) is 0 Å². The molecule has 1 N–H and O–H groups in total. The van der Waals surface area contributed by atoms with Crippen LogP contribution in [0.3, 0.4) is 0 Å². The van der Waals surface area contributed by atoms with Crippen molar-refractivity contribution in [2.75, 3.05) is 18.5 Å². The highest BCUT2D eigenvalue weighted by Gasteiger charge is 2.37. The number of nitrogens with one attached hydrogen (secondary N) is 1. The maximum Gasteiger partial charge on any atom is 0.261 e. The largest absolute Gasteiger partial charge is 0.376 e. The van der Waals surface area contributed by atoms with Gasteiger partial charge in [-0.2, -0.15) is 0 Å². The normalized spacial score (nSPS) is 18.5. The van der Waals surface area contributed by atoms with Crippen LogP contribution in [0.1, 0.15) is 39.1 Å². The molecule has 2 aromatic carbocycles. The molecular formula is C21H19ClN2O4. The summed E-state index contributed by atoms with van der Waals surface area (Å²) in [6.45, 7) is 0.933. The van der Waals surface area contributed by atoms with E-state index in [1.165, 1.54) is 4.90 Å². The molecular weight excluding hydrogens is 380 g/mol. The second-order valence-corrected chi connectivity index (χ2v) is 7.40. The van der Waals surface area contributed by atoms with Crippen LogP contribution in [-0.4, -0.2) is 41.9 Å². The van der Waals surface area contributed by atoms with Crippen LogP contribution in [0.5, 0.6) is 0 Å². The topological polar surface area (TPSA) is 75.7 Å². The van der Waals surface area contributed by atoms with Gasteiger partial charge in [0.05, 0.1) is 30.2 Å². The van der Waals surface area contributed by atoms with Gasteiger partial charge in [-0.25, -0.2) is 0 Å². The Labute approximate surface area is 167 Å². The number of amides is 3. The van der Waals surface area contributed by atoms with Crippen LogP contribution in [0, 0.1) is 0 Å². The molecule has 0 aromatic heterocycles. The highest BCUT2D eigenvalue weighted by atomic mass is 35.5. The lowest BCUT2D eigenvalue weighted by Crippen LogP contribution is -2.36. The van der Waals surface area contributed by atoms with E-state index < -0.39 is 0 Å². The van der Waals surface area contributed by atoms with Gasteiger partial charge in [-0.05, 0) is 48.7 Å². The first kappa shape index (κ1) is 18.7. The van der Waals surface area contributed by atoms with Crippen LogP contribution < -0.4 is 5.32 Å². The monoisotopic (exact) mass is 398 g/mol. The Hall–Kier alpha value is -2.70. The number of imide groups is 1. The molecule has 6 nitrogen and oxygen atoms in total. The molecule has 7 heteroatoms. The Morgan fingerprint density at radius 2 is 1.86 bits per heavy atom. The summed E-state index contributed by atoms with van der Waals surface area (Å²) >= 11 is 5.85. The molecule has 0 spiro atoms. The average Bonchev–Trinajstić information content (AvgIpc) is 3.27. The minimum atomic E-state index is -0.343. The van der Waals surface area contributed by atoms with Gasteiger partial charge >= 0.3 is 0 Å². The van der Waals surface area contributed by atoms with E-state index in [4.69, 9.17) is 16.3 Å². The number of rotatable bonds is 5. The summed E-state index contributed by atoms with van der Waals surface area (Å²) in [7, 11) is 0. The Morgan fingerprint density at radius 3 is 2.57 bits per heavy atom. The number of ether oxygens (including phenoxy) is 1. The number of hydrogen-bond acceptors (Lipinski definition) is 4. The molecule has 2 aliphatic heterocycles. The third-order valence-electron chi connectivity index (χ3n) is 4.94. The maximum absolute atomic E-state index is 12.7. The molecule has 1 fully saturated rings. The molecule has 1 unspecified atom stereocenters. The van der Waals surface area contributed by atoms with Crippen molar-refractivity contribution in [1.29, 1.82) is 0 Å². The van der Waals surface area contributed by atoms with Gasteiger partial charge in [0.2, 0.25) is 5.91 Å². The van der Waals surface area contributed by atoms with Crippen molar-refractivity contribution in [3.8, 4) is 0 Å². The van der Waals surface area contributed by atoms with Crippen LogP contribution in [0.2, 0.25) is 5.02 Å². The van der Waals surface area contributed by atoms with Crippen LogP contribution in [0.15, 0.2) is 42.5 Å². The van der Waals surface area contributed by atoms with E-state index in [-0.39, 0.29) is 36.8 Å². The zero-order chi connectivity index (χ0) is 19.7. The van der Waals surface area contributed by atoms with E-state index in [0.717, 1.165) is 18.4 Å². The van der Waals surface area contributed by atoms with Crippen molar-refractivity contribution in [2.24, 2.45) is 0 Å². The maximum atomic E-state index is 12.7. The zero-order valence-corrected chi connectivity index (χ0v) is 15.9. The minimum Gasteiger partial charge on any atom is -0.376 e. The molecule has 2 heterocycles. The molecule has 0 aliphatic carbocycles. The molecule has 2 aliphatic rings. The second kappa shape index (κ2) is 7.73. The minimum absolute atomic E-state index is 0.0965. The Kier molecular flexibility index (Phi) is 5.15. The quantitative estimate of drug-likeness (QED) is 0.784. The fourth-order valence-electron chi connectivity index (χ4n) is 3.52. The predicted molar refractivity (Wildman–Crippen MR) is 105 cm³/mol. The van der Waals surface area contributed by atoms with Gasteiger partial charge in [-0.3, -0.25) is 19.3 Å². The standard InChI is InChI=1S/C21H19ClN2O4/c22-14-5-3-13(4-6-14)10-19(25)23-15-7-8-17-18(11-15)21(27)24(20(17)26)12-16-2-1-9-28-16/h3-8,11,16H,1-2,9-10,12H2,(H,23,25). The van der Waals surface area contributed by atoms with Crippen LogP contribution >= 0.6 is 11.6 Å². The molecule has 1 saturated heterocycles. The third kappa shape index (κ3) is 3.79. The lowest BCUT2D eigenvalue weighted by Gasteiger charge is -2.17. The summed E-state index contributed by atoms with van der Waals surface area (Å²) in [5.41, 5.74) is 1.99. The van der Waals surface area contributed by atoms with Crippen molar-refractivity contribution in [2.45, 2.75) is 25.4 Å². The van der Waals surface area contributed by atoms with E-state index in [1.54, 1.807) is 42.5 Å². The van der Waals surface area contributed by atoms with E-state index in [2.05, 4.69) is 5.32 Å². The number of carbonyl (C=O) groups excluding carboxylic acids is 3. The van der Waals surface area contributed by atoms with Gasteiger partial charge in [-0.15, -0.1) is 0 Å². The van der Waals surface area contributed by atoms with E-state index in [9.17, 15) is 14.4 Å². The SMILES string of the molecule is O=C(Cc1ccc(Cl)cc1)Nc1ccc2c(c1)C(=O)N(CC1CCCO1)C2=O. The first-order valence-corrected chi connectivity index (χ1v) is 9.55. The lowest BCUT2D eigenvalue weighted by atomic mass is 10.1. The van der Waals surface area contributed by atoms with Crippen molar-refractivity contribution >= 4 is 35.0 Å². The van der Waals surface area contributed by atoms with Crippen LogP contribution in [-0.2, 0) is 16.0 Å². The summed E-state index contributed by atoms with van der Waals surface area (Å²) in [4.78, 5) is 38.7. The average molecular weight is 399 g/mol. The fraction of sp³-hybridized carbons (Fsp3) is 0.286. The van der Waals surface area contributed by atoms with E-state index >= 15 is 0 Å². The van der Waals surface area contributed by atoms with Crippen LogP contribution in [0.25, 0.3) is 0 Å². The molecule has 3 amide bonds. The molecule has 4 rings (SSSR count). The Morgan fingerprint density at radius 1 is 1.11 bits per heavy atom. The van der Waals surface area contributed by atoms with Gasteiger partial charge < -0.3 is 10.1 Å². The first-order valence-electron chi connectivity index (χ1n) is 9.17. The molecule has 144 valence electrons. The molecule has 2 aromatic rings. The number of halogens is 1. The summed E-state index contributed by atoms with van der Waals surface area (Å²) in [5, 5.41) is 3.39. The molecule has 1 atom stereocenters. The van der Waals surface area contributed by atoms with Gasteiger partial charge in [0.15, 0.2) is 0 Å². The van der Waals surface area contributed by atoms with Crippen LogP contribution in [0.4, 0.5) is 5.69 Å². The first-order chi connectivity index (χ1) is 13.5. The highest BCUT2D eigenvalue weighted by molar-refractivity contribution is 6.30. The van der Waals surface area contributed by atoms with E-state index in [1.807, 2.05) is 0 Å². The highest BCUT2D eigenvalue weighted by Crippen LogP contribution is 2.27. The predicted octanol–water partition coefficient (Wildman–Crippen LogP) is 3.30. The Bertz CT molecular complexity index is 936. The summed E-state index contributed by atoms with van der Waals surface area (Å²) in [6, 6.07) is 11.8. The number of nitrogens with zero attached hydrogens (tertiary/aromatic N) is 1. The molecule has 0 bridgehead atoms. The summed E-state index contributed by atoms with van der Waals surface area (Å²) < 4.78 is 5.54. The number of hydrogen-bond donors (Lipinski definition) is 1. The molecule has 28 heavy (non-hydrogen) atoms. The third-order valence-corrected chi connectivity index (χ3v) is 5.19. The van der Waals surface area contributed by atoms with E-state index in [0.29, 0.717) is 28.4 Å². The van der Waals surface area contributed by atoms with Crippen molar-refractivity contribution < 1.29 is 19.1 Å². The fourth-order valence-corrected chi connectivity index (χ4v) is 3.65. The van der Waals surface area contributed by atoms with Crippen molar-refractivity contribution in [1.82, 2.24) is 4.90 Å². The summed E-state index contributed by atoms with van der Waals surface area (Å²) in [5.74, 6) is -0.867. The number of anilines is 1. The van der Waals surface area contributed by atoms with Crippen molar-refractivity contribution in [3.63, 3.8) is 0 Å².